The average Bonchev–Trinajstić information content (AvgIpc) is 2.83. The SMILES string of the molecule is Cc1cccc(/N=C2/S/C(=C\c3ccc([N+](=O)[O-])cc3)C(=O)N2C)n1. The molecule has 0 atom stereocenters. The highest BCUT2D eigenvalue weighted by atomic mass is 32.2. The molecule has 1 aliphatic rings. The molecule has 2 heterocycles. The summed E-state index contributed by atoms with van der Waals surface area (Å²) >= 11 is 1.25. The number of carbonyl (C=O) groups excluding carboxylic acids is 1. The second-order valence-electron chi connectivity index (χ2n) is 5.36. The number of aliphatic imine (C=N–C) groups is 1. The quantitative estimate of drug-likeness (QED) is 0.478. The van der Waals surface area contributed by atoms with E-state index >= 15 is 0 Å². The summed E-state index contributed by atoms with van der Waals surface area (Å²) in [6.45, 7) is 1.88. The lowest BCUT2D eigenvalue weighted by Crippen LogP contribution is -2.23. The zero-order valence-corrected chi connectivity index (χ0v) is 14.4. The Morgan fingerprint density at radius 3 is 2.60 bits per heavy atom. The van der Waals surface area contributed by atoms with Gasteiger partial charge in [-0.05, 0) is 54.6 Å². The van der Waals surface area contributed by atoms with Crippen LogP contribution in [0.2, 0.25) is 0 Å². The number of thioether (sulfide) groups is 1. The fourth-order valence-corrected chi connectivity index (χ4v) is 3.16. The molecule has 0 N–H and O–H groups in total. The molecule has 0 bridgehead atoms. The van der Waals surface area contributed by atoms with E-state index in [1.807, 2.05) is 19.1 Å². The predicted octanol–water partition coefficient (Wildman–Crippen LogP) is 3.53. The van der Waals surface area contributed by atoms with E-state index in [2.05, 4.69) is 9.98 Å². The number of pyridine rings is 1. The summed E-state index contributed by atoms with van der Waals surface area (Å²) in [6, 6.07) is 11.5. The van der Waals surface area contributed by atoms with Crippen LogP contribution >= 0.6 is 11.8 Å². The Morgan fingerprint density at radius 2 is 1.96 bits per heavy atom. The molecule has 0 unspecified atom stereocenters. The van der Waals surface area contributed by atoms with E-state index in [4.69, 9.17) is 0 Å². The van der Waals surface area contributed by atoms with Crippen molar-refractivity contribution in [3.05, 3.63) is 68.7 Å². The van der Waals surface area contributed by atoms with Crippen LogP contribution in [0.5, 0.6) is 0 Å². The molecule has 1 amide bonds. The first-order chi connectivity index (χ1) is 11.9. The number of hydrogen-bond acceptors (Lipinski definition) is 6. The van der Waals surface area contributed by atoms with Gasteiger partial charge >= 0.3 is 0 Å². The molecule has 126 valence electrons. The molecule has 8 heteroatoms. The summed E-state index contributed by atoms with van der Waals surface area (Å²) in [6.07, 6.45) is 1.69. The molecule has 2 aromatic rings. The number of aryl methyl sites for hydroxylation is 1. The molecule has 1 aliphatic heterocycles. The maximum Gasteiger partial charge on any atom is 0.269 e. The summed E-state index contributed by atoms with van der Waals surface area (Å²) in [5, 5.41) is 11.2. The number of nitro benzene ring substituents is 1. The van der Waals surface area contributed by atoms with Gasteiger partial charge in [0.25, 0.3) is 11.6 Å². The van der Waals surface area contributed by atoms with E-state index in [1.54, 1.807) is 31.3 Å². The summed E-state index contributed by atoms with van der Waals surface area (Å²) in [5.74, 6) is 0.369. The van der Waals surface area contributed by atoms with Crippen LogP contribution in [0.25, 0.3) is 6.08 Å². The van der Waals surface area contributed by atoms with E-state index in [0.29, 0.717) is 21.5 Å². The van der Waals surface area contributed by atoms with Crippen LogP contribution in [0.1, 0.15) is 11.3 Å². The van der Waals surface area contributed by atoms with Crippen molar-refractivity contribution in [3.63, 3.8) is 0 Å². The van der Waals surface area contributed by atoms with Gasteiger partial charge < -0.3 is 0 Å². The van der Waals surface area contributed by atoms with Gasteiger partial charge in [0.1, 0.15) is 0 Å². The Balaban J connectivity index is 1.86. The van der Waals surface area contributed by atoms with Gasteiger partial charge in [-0.2, -0.15) is 0 Å². The van der Waals surface area contributed by atoms with Crippen LogP contribution in [0.15, 0.2) is 52.4 Å². The number of non-ortho nitro benzene ring substituents is 1. The minimum Gasteiger partial charge on any atom is -0.289 e. The zero-order valence-electron chi connectivity index (χ0n) is 13.5. The maximum absolute atomic E-state index is 12.4. The number of amidine groups is 1. The number of carbonyl (C=O) groups is 1. The first-order valence-electron chi connectivity index (χ1n) is 7.38. The highest BCUT2D eigenvalue weighted by Gasteiger charge is 2.30. The molecule has 25 heavy (non-hydrogen) atoms. The third-order valence-corrected chi connectivity index (χ3v) is 4.55. The Kier molecular flexibility index (Phi) is 4.62. The highest BCUT2D eigenvalue weighted by molar-refractivity contribution is 8.18. The number of nitrogens with zero attached hydrogens (tertiary/aromatic N) is 4. The molecule has 1 fully saturated rings. The van der Waals surface area contributed by atoms with Crippen molar-refractivity contribution in [2.75, 3.05) is 7.05 Å². The Labute approximate surface area is 148 Å². The predicted molar refractivity (Wildman–Crippen MR) is 97.5 cm³/mol. The minimum atomic E-state index is -0.459. The van der Waals surface area contributed by atoms with Crippen LogP contribution in [-0.4, -0.2) is 32.9 Å². The van der Waals surface area contributed by atoms with Crippen LogP contribution < -0.4 is 0 Å². The molecule has 3 rings (SSSR count). The van der Waals surface area contributed by atoms with Crippen LogP contribution in [0.3, 0.4) is 0 Å². The Hall–Kier alpha value is -3.00. The topological polar surface area (TPSA) is 88.7 Å². The number of hydrogen-bond donors (Lipinski definition) is 0. The maximum atomic E-state index is 12.4. The van der Waals surface area contributed by atoms with Crippen molar-refractivity contribution < 1.29 is 9.72 Å². The fourth-order valence-electron chi connectivity index (χ4n) is 2.18. The molecule has 7 nitrogen and oxygen atoms in total. The second kappa shape index (κ2) is 6.86. The van der Waals surface area contributed by atoms with Gasteiger partial charge in [-0.1, -0.05) is 6.07 Å². The van der Waals surface area contributed by atoms with E-state index < -0.39 is 4.92 Å². The highest BCUT2D eigenvalue weighted by Crippen LogP contribution is 2.33. The summed E-state index contributed by atoms with van der Waals surface area (Å²) in [4.78, 5) is 33.3. The van der Waals surface area contributed by atoms with Gasteiger partial charge in [-0.15, -0.1) is 0 Å². The van der Waals surface area contributed by atoms with Gasteiger partial charge in [0.15, 0.2) is 11.0 Å². The van der Waals surface area contributed by atoms with Crippen molar-refractivity contribution in [2.24, 2.45) is 4.99 Å². The third-order valence-electron chi connectivity index (χ3n) is 3.49. The number of nitro groups is 1. The molecule has 0 spiro atoms. The molecule has 0 saturated carbocycles. The molecule has 1 saturated heterocycles. The number of amides is 1. The Bertz CT molecular complexity index is 906. The lowest BCUT2D eigenvalue weighted by atomic mass is 10.2. The molecular weight excluding hydrogens is 340 g/mol. The van der Waals surface area contributed by atoms with Crippen LogP contribution in [0, 0.1) is 17.0 Å². The first kappa shape index (κ1) is 16.8. The first-order valence-corrected chi connectivity index (χ1v) is 8.20. The van der Waals surface area contributed by atoms with Gasteiger partial charge in [0, 0.05) is 24.9 Å². The smallest absolute Gasteiger partial charge is 0.269 e. The van der Waals surface area contributed by atoms with Crippen molar-refractivity contribution in [1.82, 2.24) is 9.88 Å². The molecule has 1 aromatic carbocycles. The zero-order chi connectivity index (χ0) is 18.0. The molecule has 0 aliphatic carbocycles. The molecule has 1 aromatic heterocycles. The Morgan fingerprint density at radius 1 is 1.24 bits per heavy atom. The molecular formula is C17H14N4O3S. The largest absolute Gasteiger partial charge is 0.289 e. The lowest BCUT2D eigenvalue weighted by molar-refractivity contribution is -0.384. The summed E-state index contributed by atoms with van der Waals surface area (Å²) in [5.41, 5.74) is 1.57. The van der Waals surface area contributed by atoms with Gasteiger partial charge in [0.05, 0.1) is 9.83 Å². The van der Waals surface area contributed by atoms with Gasteiger partial charge in [-0.3, -0.25) is 19.8 Å². The third kappa shape index (κ3) is 3.74. The van der Waals surface area contributed by atoms with E-state index in [9.17, 15) is 14.9 Å². The number of likely N-dealkylation sites (N-methyl/N-ethyl adjacent to an activating group) is 1. The van der Waals surface area contributed by atoms with Crippen molar-refractivity contribution in [1.29, 1.82) is 0 Å². The van der Waals surface area contributed by atoms with Crippen LogP contribution in [0.4, 0.5) is 11.5 Å². The number of aromatic nitrogens is 1. The van der Waals surface area contributed by atoms with Crippen molar-refractivity contribution in [3.8, 4) is 0 Å². The minimum absolute atomic E-state index is 0.0115. The summed E-state index contributed by atoms with van der Waals surface area (Å²) in [7, 11) is 1.65. The van der Waals surface area contributed by atoms with E-state index in [0.717, 1.165) is 5.69 Å². The monoisotopic (exact) mass is 354 g/mol. The lowest BCUT2D eigenvalue weighted by Gasteiger charge is -2.06. The van der Waals surface area contributed by atoms with Gasteiger partial charge in [-0.25, -0.2) is 9.98 Å². The van der Waals surface area contributed by atoms with E-state index in [1.165, 1.54) is 28.8 Å². The summed E-state index contributed by atoms with van der Waals surface area (Å²) < 4.78 is 0. The van der Waals surface area contributed by atoms with E-state index in [-0.39, 0.29) is 11.6 Å². The average molecular weight is 354 g/mol. The second-order valence-corrected chi connectivity index (χ2v) is 6.36. The number of benzene rings is 1. The van der Waals surface area contributed by atoms with Crippen molar-refractivity contribution >= 4 is 40.4 Å². The normalized spacial score (nSPS) is 17.5. The number of rotatable bonds is 3. The molecule has 0 radical (unpaired) electrons. The standard InChI is InChI=1S/C17H14N4O3S/c1-11-4-3-5-15(18-11)19-17-20(2)16(22)14(25-17)10-12-6-8-13(9-7-12)21(23)24/h3-10H,1-2H3/b14-10-,19-17+. The van der Waals surface area contributed by atoms with Crippen molar-refractivity contribution in [2.45, 2.75) is 6.92 Å². The van der Waals surface area contributed by atoms with Crippen LogP contribution in [-0.2, 0) is 4.79 Å². The van der Waals surface area contributed by atoms with Gasteiger partial charge in [0.2, 0.25) is 0 Å². The fraction of sp³-hybridized carbons (Fsp3) is 0.118.